The zero-order chi connectivity index (χ0) is 17.6. The fraction of sp³-hybridized carbons (Fsp3) is 0.278. The lowest BCUT2D eigenvalue weighted by molar-refractivity contribution is 0.506. The van der Waals surface area contributed by atoms with E-state index in [9.17, 15) is 13.2 Å². The van der Waals surface area contributed by atoms with Gasteiger partial charge in [-0.2, -0.15) is 0 Å². The predicted molar refractivity (Wildman–Crippen MR) is 93.9 cm³/mol. The van der Waals surface area contributed by atoms with Crippen molar-refractivity contribution in [1.29, 1.82) is 0 Å². The number of fused-ring (bicyclic) bond motifs is 2. The summed E-state index contributed by atoms with van der Waals surface area (Å²) < 4.78 is 34.9. The average Bonchev–Trinajstić information content (AvgIpc) is 2.89. The van der Waals surface area contributed by atoms with E-state index in [1.165, 1.54) is 22.3 Å². The first-order chi connectivity index (χ1) is 12.0. The molecule has 1 heterocycles. The molecule has 0 saturated heterocycles. The van der Waals surface area contributed by atoms with Crippen molar-refractivity contribution < 1.29 is 12.8 Å². The number of aromatic nitrogens is 1. The maximum Gasteiger partial charge on any atom is 0.419 e. The summed E-state index contributed by atoms with van der Waals surface area (Å²) in [7, 11) is -2.14. The topological polar surface area (TPSA) is 81.3 Å². The molecule has 1 aromatic heterocycles. The molecule has 0 radical (unpaired) electrons. The van der Waals surface area contributed by atoms with Crippen LogP contribution in [0.4, 0.5) is 0 Å². The quantitative estimate of drug-likeness (QED) is 0.780. The summed E-state index contributed by atoms with van der Waals surface area (Å²) in [6, 6.07) is 12.2. The molecule has 2 aromatic carbocycles. The Bertz CT molecular complexity index is 1110. The van der Waals surface area contributed by atoms with Gasteiger partial charge in [-0.15, -0.1) is 0 Å². The standard InChI is InChI=1S/C18H18N2O4S/c1-20-16-10-9-13(11-17(16)24-18(20)21)25(22,23)19-15-8-4-6-12-5-2-3-7-14(12)15/h2-3,5,7,9-11,15,19H,4,6,8H2,1H3/t15-/m1/s1. The molecule has 4 rings (SSSR count). The molecule has 3 aromatic rings. The molecule has 130 valence electrons. The molecule has 0 spiro atoms. The molecule has 0 bridgehead atoms. The third-order valence-corrected chi connectivity index (χ3v) is 6.21. The van der Waals surface area contributed by atoms with Crippen LogP contribution in [0.25, 0.3) is 11.1 Å². The van der Waals surface area contributed by atoms with Gasteiger partial charge in [0, 0.05) is 19.2 Å². The Hall–Kier alpha value is -2.38. The van der Waals surface area contributed by atoms with E-state index in [0.717, 1.165) is 24.8 Å². The van der Waals surface area contributed by atoms with Crippen LogP contribution in [0.15, 0.2) is 56.6 Å². The minimum Gasteiger partial charge on any atom is -0.408 e. The van der Waals surface area contributed by atoms with E-state index in [1.54, 1.807) is 13.1 Å². The molecular formula is C18H18N2O4S. The van der Waals surface area contributed by atoms with Gasteiger partial charge >= 0.3 is 5.76 Å². The van der Waals surface area contributed by atoms with Gasteiger partial charge in [-0.1, -0.05) is 24.3 Å². The van der Waals surface area contributed by atoms with Gasteiger partial charge in [-0.25, -0.2) is 17.9 Å². The number of benzene rings is 2. The number of sulfonamides is 1. The molecule has 0 fully saturated rings. The van der Waals surface area contributed by atoms with Crippen LogP contribution < -0.4 is 10.5 Å². The van der Waals surface area contributed by atoms with Gasteiger partial charge in [0.2, 0.25) is 10.0 Å². The summed E-state index contributed by atoms with van der Waals surface area (Å²) in [4.78, 5) is 11.7. The first-order valence-corrected chi connectivity index (χ1v) is 9.64. The van der Waals surface area contributed by atoms with Crippen LogP contribution in [0, 0.1) is 0 Å². The van der Waals surface area contributed by atoms with Crippen LogP contribution in [0.1, 0.15) is 30.0 Å². The van der Waals surface area contributed by atoms with Gasteiger partial charge in [0.1, 0.15) is 0 Å². The van der Waals surface area contributed by atoms with Gasteiger partial charge in [-0.3, -0.25) is 4.57 Å². The van der Waals surface area contributed by atoms with Crippen LogP contribution in [-0.2, 0) is 23.5 Å². The van der Waals surface area contributed by atoms with Crippen LogP contribution in [0.2, 0.25) is 0 Å². The van der Waals surface area contributed by atoms with E-state index in [-0.39, 0.29) is 16.5 Å². The summed E-state index contributed by atoms with van der Waals surface area (Å²) in [6.07, 6.45) is 2.67. The van der Waals surface area contributed by atoms with Crippen molar-refractivity contribution in [3.8, 4) is 0 Å². The molecular weight excluding hydrogens is 340 g/mol. The molecule has 0 aliphatic heterocycles. The van der Waals surface area contributed by atoms with Crippen molar-refractivity contribution in [2.45, 2.75) is 30.2 Å². The summed E-state index contributed by atoms with van der Waals surface area (Å²) in [5, 5.41) is 0. The minimum atomic E-state index is -3.72. The number of rotatable bonds is 3. The van der Waals surface area contributed by atoms with E-state index in [2.05, 4.69) is 4.72 Å². The van der Waals surface area contributed by atoms with Crippen molar-refractivity contribution in [3.63, 3.8) is 0 Å². The monoisotopic (exact) mass is 358 g/mol. The predicted octanol–water partition coefficient (Wildman–Crippen LogP) is 2.49. The second-order valence-electron chi connectivity index (χ2n) is 6.32. The molecule has 1 atom stereocenters. The summed E-state index contributed by atoms with van der Waals surface area (Å²) >= 11 is 0. The Kier molecular flexibility index (Phi) is 3.77. The SMILES string of the molecule is Cn1c(=O)oc2cc(S(=O)(=O)N[C@@H]3CCCc4ccccc43)ccc21. The van der Waals surface area contributed by atoms with Crippen molar-refractivity contribution in [2.24, 2.45) is 7.05 Å². The van der Waals surface area contributed by atoms with E-state index in [1.807, 2.05) is 24.3 Å². The number of aryl methyl sites for hydroxylation is 2. The van der Waals surface area contributed by atoms with Crippen molar-refractivity contribution in [1.82, 2.24) is 9.29 Å². The third-order valence-electron chi connectivity index (χ3n) is 4.74. The molecule has 0 amide bonds. The first kappa shape index (κ1) is 16.1. The van der Waals surface area contributed by atoms with E-state index in [4.69, 9.17) is 4.42 Å². The minimum absolute atomic E-state index is 0.0948. The molecule has 1 N–H and O–H groups in total. The lowest BCUT2D eigenvalue weighted by Gasteiger charge is -2.26. The van der Waals surface area contributed by atoms with E-state index < -0.39 is 15.8 Å². The van der Waals surface area contributed by atoms with Gasteiger partial charge in [0.05, 0.1) is 10.4 Å². The molecule has 1 aliphatic carbocycles. The number of hydrogen-bond acceptors (Lipinski definition) is 4. The third kappa shape index (κ3) is 2.79. The lowest BCUT2D eigenvalue weighted by atomic mass is 9.88. The Labute approximate surface area is 145 Å². The fourth-order valence-corrected chi connectivity index (χ4v) is 4.68. The lowest BCUT2D eigenvalue weighted by Crippen LogP contribution is -2.31. The highest BCUT2D eigenvalue weighted by molar-refractivity contribution is 7.89. The molecule has 1 aliphatic rings. The largest absolute Gasteiger partial charge is 0.419 e. The maximum absolute atomic E-state index is 12.8. The molecule has 25 heavy (non-hydrogen) atoms. The second-order valence-corrected chi connectivity index (χ2v) is 8.04. The van der Waals surface area contributed by atoms with Gasteiger partial charge in [0.15, 0.2) is 5.58 Å². The Morgan fingerprint density at radius 2 is 2.00 bits per heavy atom. The normalized spacial score (nSPS) is 17.6. The first-order valence-electron chi connectivity index (χ1n) is 8.15. The number of oxazole rings is 1. The highest BCUT2D eigenvalue weighted by atomic mass is 32.2. The molecule has 6 nitrogen and oxygen atoms in total. The highest BCUT2D eigenvalue weighted by Crippen LogP contribution is 2.31. The number of nitrogens with one attached hydrogen (secondary N) is 1. The molecule has 0 saturated carbocycles. The Balaban J connectivity index is 1.70. The van der Waals surface area contributed by atoms with Crippen LogP contribution in [-0.4, -0.2) is 13.0 Å². The van der Waals surface area contributed by atoms with Crippen LogP contribution in [0.3, 0.4) is 0 Å². The van der Waals surface area contributed by atoms with Crippen molar-refractivity contribution in [3.05, 3.63) is 64.1 Å². The smallest absolute Gasteiger partial charge is 0.408 e. The summed E-state index contributed by atoms with van der Waals surface area (Å²) in [5.41, 5.74) is 3.04. The van der Waals surface area contributed by atoms with E-state index >= 15 is 0 Å². The van der Waals surface area contributed by atoms with E-state index in [0.29, 0.717) is 5.52 Å². The summed E-state index contributed by atoms with van der Waals surface area (Å²) in [6.45, 7) is 0. The highest BCUT2D eigenvalue weighted by Gasteiger charge is 2.26. The van der Waals surface area contributed by atoms with Crippen molar-refractivity contribution in [2.75, 3.05) is 0 Å². The Morgan fingerprint density at radius 1 is 1.20 bits per heavy atom. The van der Waals surface area contributed by atoms with Gasteiger partial charge in [0.25, 0.3) is 0 Å². The van der Waals surface area contributed by atoms with Crippen molar-refractivity contribution >= 4 is 21.1 Å². The van der Waals surface area contributed by atoms with Crippen LogP contribution >= 0.6 is 0 Å². The Morgan fingerprint density at radius 3 is 2.84 bits per heavy atom. The number of hydrogen-bond donors (Lipinski definition) is 1. The van der Waals surface area contributed by atoms with Gasteiger partial charge in [-0.05, 0) is 42.5 Å². The zero-order valence-electron chi connectivity index (χ0n) is 13.7. The maximum atomic E-state index is 12.8. The fourth-order valence-electron chi connectivity index (χ4n) is 3.41. The summed E-state index contributed by atoms with van der Waals surface area (Å²) in [5.74, 6) is -0.515. The molecule has 0 unspecified atom stereocenters. The zero-order valence-corrected chi connectivity index (χ0v) is 14.5. The number of nitrogens with zero attached hydrogens (tertiary/aromatic N) is 1. The average molecular weight is 358 g/mol. The molecule has 7 heteroatoms. The van der Waals surface area contributed by atoms with Crippen LogP contribution in [0.5, 0.6) is 0 Å². The second kappa shape index (κ2) is 5.86. The van der Waals surface area contributed by atoms with Gasteiger partial charge < -0.3 is 4.42 Å².